The molecule has 5 heteroatoms. The topological polar surface area (TPSA) is 46.6 Å². The van der Waals surface area contributed by atoms with Crippen molar-refractivity contribution in [2.24, 2.45) is 0 Å². The van der Waals surface area contributed by atoms with Crippen LogP contribution in [0, 0.1) is 5.82 Å². The zero-order valence-electron chi connectivity index (χ0n) is 15.1. The summed E-state index contributed by atoms with van der Waals surface area (Å²) in [6.07, 6.45) is 1.98. The molecule has 0 saturated heterocycles. The molecule has 2 aromatic rings. The molecule has 4 nitrogen and oxygen atoms in total. The lowest BCUT2D eigenvalue weighted by atomic mass is 9.77. The van der Waals surface area contributed by atoms with Gasteiger partial charge in [0.25, 0.3) is 0 Å². The summed E-state index contributed by atoms with van der Waals surface area (Å²) in [7, 11) is 1.59. The van der Waals surface area contributed by atoms with Crippen molar-refractivity contribution in [2.75, 3.05) is 12.0 Å². The highest BCUT2D eigenvalue weighted by molar-refractivity contribution is 6.07. The molecule has 0 radical (unpaired) electrons. The molecule has 0 saturated carbocycles. The number of anilines is 1. The summed E-state index contributed by atoms with van der Waals surface area (Å²) in [4.78, 5) is 27.4. The number of amides is 1. The van der Waals surface area contributed by atoms with Gasteiger partial charge in [-0.15, -0.1) is 0 Å². The second-order valence-corrected chi connectivity index (χ2v) is 6.88. The predicted molar refractivity (Wildman–Crippen MR) is 100 cm³/mol. The molecule has 0 fully saturated rings. The smallest absolute Gasteiger partial charge is 0.232 e. The fourth-order valence-electron chi connectivity index (χ4n) is 4.05. The van der Waals surface area contributed by atoms with Gasteiger partial charge in [-0.25, -0.2) is 4.39 Å². The van der Waals surface area contributed by atoms with Crippen LogP contribution in [0.5, 0.6) is 5.75 Å². The third kappa shape index (κ3) is 3.14. The molecule has 1 atom stereocenters. The van der Waals surface area contributed by atoms with E-state index in [0.29, 0.717) is 42.0 Å². The van der Waals surface area contributed by atoms with Crippen LogP contribution in [0.2, 0.25) is 0 Å². The van der Waals surface area contributed by atoms with E-state index in [9.17, 15) is 14.0 Å². The minimum Gasteiger partial charge on any atom is -0.497 e. The van der Waals surface area contributed by atoms with Crippen molar-refractivity contribution in [1.29, 1.82) is 0 Å². The highest BCUT2D eigenvalue weighted by atomic mass is 19.1. The minimum absolute atomic E-state index is 0.0676. The molecule has 2 aliphatic rings. The van der Waals surface area contributed by atoms with Crippen molar-refractivity contribution in [3.63, 3.8) is 0 Å². The number of ketones is 1. The molecule has 1 aliphatic heterocycles. The van der Waals surface area contributed by atoms with Gasteiger partial charge in [0.1, 0.15) is 11.6 Å². The Labute approximate surface area is 157 Å². The number of carbonyl (C=O) groups is 2. The van der Waals surface area contributed by atoms with Crippen LogP contribution < -0.4 is 9.64 Å². The number of hydrogen-bond acceptors (Lipinski definition) is 3. The summed E-state index contributed by atoms with van der Waals surface area (Å²) in [5, 5.41) is 0. The number of Topliss-reactive ketones (excluding diaryl/α,β-unsaturated/α-hetero) is 1. The van der Waals surface area contributed by atoms with Crippen LogP contribution in [0.1, 0.15) is 37.2 Å². The summed E-state index contributed by atoms with van der Waals surface area (Å²) in [5.41, 5.74) is 2.76. The second-order valence-electron chi connectivity index (χ2n) is 6.88. The number of carbonyl (C=O) groups excluding carboxylic acids is 2. The summed E-state index contributed by atoms with van der Waals surface area (Å²) >= 11 is 0. The Morgan fingerprint density at radius 1 is 1.07 bits per heavy atom. The summed E-state index contributed by atoms with van der Waals surface area (Å²) in [5.74, 6) is -0.0579. The lowest BCUT2D eigenvalue weighted by molar-refractivity contribution is -0.119. The monoisotopic (exact) mass is 365 g/mol. The number of nitrogens with zero attached hydrogens (tertiary/aromatic N) is 1. The van der Waals surface area contributed by atoms with Gasteiger partial charge in [0.05, 0.1) is 12.8 Å². The Kier molecular flexibility index (Phi) is 4.52. The fraction of sp³-hybridized carbons (Fsp3) is 0.273. The molecule has 1 heterocycles. The quantitative estimate of drug-likeness (QED) is 0.812. The zero-order valence-corrected chi connectivity index (χ0v) is 15.1. The Balaban J connectivity index is 1.85. The Bertz CT molecular complexity index is 950. The van der Waals surface area contributed by atoms with Crippen molar-refractivity contribution < 1.29 is 18.7 Å². The third-order valence-corrected chi connectivity index (χ3v) is 5.24. The first-order valence-corrected chi connectivity index (χ1v) is 9.07. The molecule has 2 aromatic carbocycles. The van der Waals surface area contributed by atoms with Crippen LogP contribution in [-0.4, -0.2) is 18.8 Å². The SMILES string of the molecule is COc1cccc(C2CC(=O)N(c3cccc(F)c3)C3=C2C(=O)CCC3)c1. The molecule has 138 valence electrons. The summed E-state index contributed by atoms with van der Waals surface area (Å²) < 4.78 is 19.0. The van der Waals surface area contributed by atoms with Crippen LogP contribution in [-0.2, 0) is 9.59 Å². The molecule has 0 spiro atoms. The zero-order chi connectivity index (χ0) is 19.0. The van der Waals surface area contributed by atoms with Crippen LogP contribution >= 0.6 is 0 Å². The Hall–Kier alpha value is -2.95. The molecule has 0 N–H and O–H groups in total. The van der Waals surface area contributed by atoms with Gasteiger partial charge in [-0.1, -0.05) is 18.2 Å². The normalized spacial score (nSPS) is 19.9. The van der Waals surface area contributed by atoms with Crippen LogP contribution in [0.4, 0.5) is 10.1 Å². The number of halogens is 1. The van der Waals surface area contributed by atoms with Gasteiger partial charge in [-0.3, -0.25) is 14.5 Å². The number of methoxy groups -OCH3 is 1. The van der Waals surface area contributed by atoms with Crippen molar-refractivity contribution in [3.05, 3.63) is 71.2 Å². The minimum atomic E-state index is -0.403. The van der Waals surface area contributed by atoms with Crippen LogP contribution in [0.15, 0.2) is 59.8 Å². The molecule has 27 heavy (non-hydrogen) atoms. The van der Waals surface area contributed by atoms with Crippen molar-refractivity contribution in [1.82, 2.24) is 0 Å². The van der Waals surface area contributed by atoms with Gasteiger partial charge in [0, 0.05) is 30.0 Å². The van der Waals surface area contributed by atoms with Crippen molar-refractivity contribution in [2.45, 2.75) is 31.6 Å². The van der Waals surface area contributed by atoms with E-state index in [1.807, 2.05) is 24.3 Å². The van der Waals surface area contributed by atoms with Crippen molar-refractivity contribution >= 4 is 17.4 Å². The van der Waals surface area contributed by atoms with E-state index >= 15 is 0 Å². The van der Waals surface area contributed by atoms with Crippen molar-refractivity contribution in [3.8, 4) is 5.75 Å². The number of allylic oxidation sites excluding steroid dienone is 2. The maximum atomic E-state index is 13.7. The largest absolute Gasteiger partial charge is 0.497 e. The highest BCUT2D eigenvalue weighted by Gasteiger charge is 2.39. The maximum Gasteiger partial charge on any atom is 0.232 e. The molecular formula is C22H20FNO3. The van der Waals surface area contributed by atoms with Crippen LogP contribution in [0.25, 0.3) is 0 Å². The van der Waals surface area contributed by atoms with Gasteiger partial charge < -0.3 is 4.74 Å². The number of ether oxygens (including phenoxy) is 1. The number of rotatable bonds is 3. The maximum absolute atomic E-state index is 13.7. The average Bonchev–Trinajstić information content (AvgIpc) is 2.67. The first kappa shape index (κ1) is 17.5. The molecule has 4 rings (SSSR count). The summed E-state index contributed by atoms with van der Waals surface area (Å²) in [6, 6.07) is 13.5. The third-order valence-electron chi connectivity index (χ3n) is 5.24. The van der Waals surface area contributed by atoms with Gasteiger partial charge >= 0.3 is 0 Å². The molecule has 1 aliphatic carbocycles. The Morgan fingerprint density at radius 3 is 2.67 bits per heavy atom. The summed E-state index contributed by atoms with van der Waals surface area (Å²) in [6.45, 7) is 0. The van der Waals surface area contributed by atoms with E-state index in [4.69, 9.17) is 4.74 Å². The molecule has 1 unspecified atom stereocenters. The average molecular weight is 365 g/mol. The molecule has 0 aromatic heterocycles. The molecule has 1 amide bonds. The molecular weight excluding hydrogens is 345 g/mol. The van der Waals surface area contributed by atoms with Gasteiger partial charge in [0.2, 0.25) is 5.91 Å². The van der Waals surface area contributed by atoms with Crippen LogP contribution in [0.3, 0.4) is 0 Å². The van der Waals surface area contributed by atoms with Gasteiger partial charge in [-0.05, 0) is 48.7 Å². The van der Waals surface area contributed by atoms with E-state index in [2.05, 4.69) is 0 Å². The number of hydrogen-bond donors (Lipinski definition) is 0. The van der Waals surface area contributed by atoms with E-state index < -0.39 is 5.82 Å². The van der Waals surface area contributed by atoms with Gasteiger partial charge in [-0.2, -0.15) is 0 Å². The lowest BCUT2D eigenvalue weighted by Gasteiger charge is -2.38. The van der Waals surface area contributed by atoms with E-state index in [-0.39, 0.29) is 24.0 Å². The first-order chi connectivity index (χ1) is 13.1. The Morgan fingerprint density at radius 2 is 1.89 bits per heavy atom. The lowest BCUT2D eigenvalue weighted by Crippen LogP contribution is -2.40. The number of benzene rings is 2. The standard InChI is InChI=1S/C22H20FNO3/c1-27-17-8-2-5-14(11-17)18-13-21(26)24(16-7-3-6-15(23)12-16)19-9-4-10-20(25)22(18)19/h2-3,5-8,11-12,18H,4,9-10,13H2,1H3. The molecule has 0 bridgehead atoms. The van der Waals surface area contributed by atoms with E-state index in [1.54, 1.807) is 19.2 Å². The van der Waals surface area contributed by atoms with Gasteiger partial charge in [0.15, 0.2) is 5.78 Å². The first-order valence-electron chi connectivity index (χ1n) is 9.07. The van der Waals surface area contributed by atoms with E-state index in [1.165, 1.54) is 17.0 Å². The predicted octanol–water partition coefficient (Wildman–Crippen LogP) is 4.36. The highest BCUT2D eigenvalue weighted by Crippen LogP contribution is 2.43. The second kappa shape index (κ2) is 6.99. The fourth-order valence-corrected chi connectivity index (χ4v) is 4.05. The van der Waals surface area contributed by atoms with E-state index in [0.717, 1.165) is 5.56 Å².